The van der Waals surface area contributed by atoms with Gasteiger partial charge in [-0.05, 0) is 39.8 Å². The number of esters is 1. The van der Waals surface area contributed by atoms with Gasteiger partial charge in [0.05, 0.1) is 19.3 Å². The van der Waals surface area contributed by atoms with E-state index in [1.165, 1.54) is 19.2 Å². The molecular weight excluding hydrogens is 274 g/mol. The average molecular weight is 295 g/mol. The number of amides is 1. The van der Waals surface area contributed by atoms with Gasteiger partial charge in [-0.2, -0.15) is 0 Å². The van der Waals surface area contributed by atoms with Crippen molar-refractivity contribution in [2.45, 2.75) is 33.3 Å². The maximum atomic E-state index is 11.8. The van der Waals surface area contributed by atoms with Gasteiger partial charge < -0.3 is 14.2 Å². The Bertz CT molecular complexity index is 519. The van der Waals surface area contributed by atoms with Gasteiger partial charge in [-0.15, -0.1) is 0 Å². The van der Waals surface area contributed by atoms with Crippen LogP contribution >= 0.6 is 0 Å². The summed E-state index contributed by atoms with van der Waals surface area (Å²) in [6.45, 7) is 7.29. The second-order valence-electron chi connectivity index (χ2n) is 5.30. The standard InChI is InChI=1S/C15H21NO5/c1-6-20-13(17)10-7-11(9-12(8-10)19-5)16-14(18)21-15(2,3)4/h7-9H,6H2,1-5H3,(H,16,18). The van der Waals surface area contributed by atoms with Gasteiger partial charge in [-0.1, -0.05) is 0 Å². The van der Waals surface area contributed by atoms with Crippen molar-refractivity contribution in [2.24, 2.45) is 0 Å². The predicted molar refractivity (Wildman–Crippen MR) is 78.8 cm³/mol. The van der Waals surface area contributed by atoms with Crippen LogP contribution in [0.2, 0.25) is 0 Å². The molecule has 1 amide bonds. The molecule has 0 radical (unpaired) electrons. The smallest absolute Gasteiger partial charge is 0.412 e. The summed E-state index contributed by atoms with van der Waals surface area (Å²) in [4.78, 5) is 23.5. The normalized spacial score (nSPS) is 10.7. The highest BCUT2D eigenvalue weighted by molar-refractivity contribution is 5.93. The largest absolute Gasteiger partial charge is 0.497 e. The monoisotopic (exact) mass is 295 g/mol. The van der Waals surface area contributed by atoms with Crippen LogP contribution in [0.15, 0.2) is 18.2 Å². The summed E-state index contributed by atoms with van der Waals surface area (Å²) in [5.74, 6) is -0.0461. The fourth-order valence-electron chi connectivity index (χ4n) is 1.54. The summed E-state index contributed by atoms with van der Waals surface area (Å²) in [6.07, 6.45) is -0.606. The summed E-state index contributed by atoms with van der Waals surface area (Å²) in [6, 6.07) is 4.63. The van der Waals surface area contributed by atoms with Crippen molar-refractivity contribution in [1.29, 1.82) is 0 Å². The number of methoxy groups -OCH3 is 1. The van der Waals surface area contributed by atoms with E-state index in [1.807, 2.05) is 0 Å². The molecule has 6 nitrogen and oxygen atoms in total. The Morgan fingerprint density at radius 2 is 1.86 bits per heavy atom. The maximum Gasteiger partial charge on any atom is 0.412 e. The van der Waals surface area contributed by atoms with E-state index in [-0.39, 0.29) is 6.61 Å². The van der Waals surface area contributed by atoms with Crippen LogP contribution in [0.25, 0.3) is 0 Å². The number of anilines is 1. The highest BCUT2D eigenvalue weighted by Gasteiger charge is 2.17. The highest BCUT2D eigenvalue weighted by atomic mass is 16.6. The third-order valence-corrected chi connectivity index (χ3v) is 2.30. The van der Waals surface area contributed by atoms with E-state index in [4.69, 9.17) is 14.2 Å². The third kappa shape index (κ3) is 5.72. The first-order valence-electron chi connectivity index (χ1n) is 6.61. The highest BCUT2D eigenvalue weighted by Crippen LogP contribution is 2.22. The van der Waals surface area contributed by atoms with Crippen LogP contribution in [0.1, 0.15) is 38.1 Å². The molecule has 0 aliphatic carbocycles. The fourth-order valence-corrected chi connectivity index (χ4v) is 1.54. The third-order valence-electron chi connectivity index (χ3n) is 2.30. The molecule has 0 saturated carbocycles. The van der Waals surface area contributed by atoms with Crippen LogP contribution in [0, 0.1) is 0 Å². The molecule has 1 rings (SSSR count). The van der Waals surface area contributed by atoms with Crippen LogP contribution in [-0.4, -0.2) is 31.4 Å². The van der Waals surface area contributed by atoms with Gasteiger partial charge in [0.25, 0.3) is 0 Å². The molecule has 0 aromatic heterocycles. The van der Waals surface area contributed by atoms with Crippen molar-refractivity contribution < 1.29 is 23.8 Å². The summed E-state index contributed by atoms with van der Waals surface area (Å²) < 4.78 is 15.2. The molecule has 21 heavy (non-hydrogen) atoms. The molecule has 0 aliphatic heterocycles. The minimum atomic E-state index is -0.606. The van der Waals surface area contributed by atoms with E-state index < -0.39 is 17.7 Å². The number of ether oxygens (including phenoxy) is 3. The molecule has 1 aromatic rings. The molecular formula is C15H21NO5. The first-order chi connectivity index (χ1) is 9.75. The number of rotatable bonds is 4. The Hall–Kier alpha value is -2.24. The zero-order valence-electron chi connectivity index (χ0n) is 13.0. The Morgan fingerprint density at radius 3 is 2.38 bits per heavy atom. The van der Waals surface area contributed by atoms with Crippen LogP contribution in [-0.2, 0) is 9.47 Å². The van der Waals surface area contributed by atoms with Crippen LogP contribution in [0.5, 0.6) is 5.75 Å². The van der Waals surface area contributed by atoms with E-state index in [0.717, 1.165) is 0 Å². The summed E-state index contributed by atoms with van der Waals surface area (Å²) >= 11 is 0. The minimum Gasteiger partial charge on any atom is -0.497 e. The van der Waals surface area contributed by atoms with Crippen LogP contribution in [0.3, 0.4) is 0 Å². The Labute approximate surface area is 124 Å². The molecule has 0 saturated heterocycles. The Morgan fingerprint density at radius 1 is 1.19 bits per heavy atom. The zero-order chi connectivity index (χ0) is 16.0. The number of carbonyl (C=O) groups is 2. The summed E-state index contributed by atoms with van der Waals surface area (Å²) in [7, 11) is 1.47. The lowest BCUT2D eigenvalue weighted by molar-refractivity contribution is 0.0524. The number of nitrogens with one attached hydrogen (secondary N) is 1. The molecule has 116 valence electrons. The maximum absolute atomic E-state index is 11.8. The molecule has 0 fully saturated rings. The number of benzene rings is 1. The van der Waals surface area contributed by atoms with E-state index >= 15 is 0 Å². The number of hydrogen-bond acceptors (Lipinski definition) is 5. The molecule has 0 heterocycles. The van der Waals surface area contributed by atoms with E-state index in [2.05, 4.69) is 5.32 Å². The van der Waals surface area contributed by atoms with Crippen molar-refractivity contribution in [3.63, 3.8) is 0 Å². The first kappa shape index (κ1) is 16.8. The second kappa shape index (κ2) is 6.97. The SMILES string of the molecule is CCOC(=O)c1cc(NC(=O)OC(C)(C)C)cc(OC)c1. The van der Waals surface area contributed by atoms with Crippen molar-refractivity contribution in [3.05, 3.63) is 23.8 Å². The lowest BCUT2D eigenvalue weighted by Gasteiger charge is -2.20. The molecule has 0 aliphatic rings. The second-order valence-corrected chi connectivity index (χ2v) is 5.30. The molecule has 6 heteroatoms. The van der Waals surface area contributed by atoms with E-state index in [0.29, 0.717) is 17.0 Å². The van der Waals surface area contributed by atoms with E-state index in [1.54, 1.807) is 33.8 Å². The van der Waals surface area contributed by atoms with E-state index in [9.17, 15) is 9.59 Å². The number of carbonyl (C=O) groups excluding carboxylic acids is 2. The lowest BCUT2D eigenvalue weighted by atomic mass is 10.2. The average Bonchev–Trinajstić information content (AvgIpc) is 2.36. The molecule has 1 aromatic carbocycles. The molecule has 0 bridgehead atoms. The lowest BCUT2D eigenvalue weighted by Crippen LogP contribution is -2.27. The molecule has 1 N–H and O–H groups in total. The quantitative estimate of drug-likeness (QED) is 0.863. The molecule has 0 unspecified atom stereocenters. The minimum absolute atomic E-state index is 0.269. The van der Waals surface area contributed by atoms with Gasteiger partial charge in [0, 0.05) is 11.8 Å². The van der Waals surface area contributed by atoms with Crippen molar-refractivity contribution >= 4 is 17.7 Å². The van der Waals surface area contributed by atoms with Gasteiger partial charge in [0.2, 0.25) is 0 Å². The summed E-state index contributed by atoms with van der Waals surface area (Å²) in [5, 5.41) is 2.56. The van der Waals surface area contributed by atoms with Crippen molar-refractivity contribution in [2.75, 3.05) is 19.0 Å². The Balaban J connectivity index is 2.94. The fraction of sp³-hybridized carbons (Fsp3) is 0.467. The first-order valence-corrected chi connectivity index (χ1v) is 6.61. The van der Waals surface area contributed by atoms with Crippen molar-refractivity contribution in [3.8, 4) is 5.75 Å². The van der Waals surface area contributed by atoms with Gasteiger partial charge in [-0.25, -0.2) is 9.59 Å². The predicted octanol–water partition coefficient (Wildman–Crippen LogP) is 3.22. The molecule has 0 spiro atoms. The molecule has 0 atom stereocenters. The zero-order valence-corrected chi connectivity index (χ0v) is 13.0. The topological polar surface area (TPSA) is 73.9 Å². The van der Waals surface area contributed by atoms with Gasteiger partial charge >= 0.3 is 12.1 Å². The Kier molecular flexibility index (Phi) is 5.58. The number of hydrogen-bond donors (Lipinski definition) is 1. The van der Waals surface area contributed by atoms with Crippen molar-refractivity contribution in [1.82, 2.24) is 0 Å². The summed E-state index contributed by atoms with van der Waals surface area (Å²) in [5.41, 5.74) is 0.0846. The van der Waals surface area contributed by atoms with Gasteiger partial charge in [0.15, 0.2) is 0 Å². The van der Waals surface area contributed by atoms with Crippen LogP contribution in [0.4, 0.5) is 10.5 Å². The van der Waals surface area contributed by atoms with Gasteiger partial charge in [-0.3, -0.25) is 5.32 Å². The van der Waals surface area contributed by atoms with Crippen LogP contribution < -0.4 is 10.1 Å². The van der Waals surface area contributed by atoms with Gasteiger partial charge in [0.1, 0.15) is 11.4 Å².